The Bertz CT molecular complexity index is 1180. The summed E-state index contributed by atoms with van der Waals surface area (Å²) in [6, 6.07) is 18.4. The Morgan fingerprint density at radius 3 is 2.60 bits per heavy atom. The van der Waals surface area contributed by atoms with Crippen LogP contribution in [-0.4, -0.2) is 11.7 Å². The number of hydrogen-bond donors (Lipinski definition) is 0. The summed E-state index contributed by atoms with van der Waals surface area (Å²) >= 11 is 12.5. The lowest BCUT2D eigenvalue weighted by atomic mass is 10.0. The van der Waals surface area contributed by atoms with Crippen molar-refractivity contribution in [3.63, 3.8) is 0 Å². The SMILES string of the molecule is O=C1ON=C(c2ccccc2)/C1=C/c1cc(Cl)cc(Cl)c1OCc1cccc(F)c1. The molecule has 0 amide bonds. The van der Waals surface area contributed by atoms with Crippen molar-refractivity contribution in [2.45, 2.75) is 6.61 Å². The molecule has 0 saturated heterocycles. The Hall–Kier alpha value is -3.15. The van der Waals surface area contributed by atoms with Gasteiger partial charge in [0.2, 0.25) is 0 Å². The van der Waals surface area contributed by atoms with Crippen molar-refractivity contribution in [3.05, 3.63) is 105 Å². The largest absolute Gasteiger partial charge is 0.487 e. The molecule has 4 rings (SSSR count). The molecule has 3 aromatic rings. The number of benzene rings is 3. The molecule has 3 aromatic carbocycles. The number of ether oxygens (including phenoxy) is 1. The highest BCUT2D eigenvalue weighted by Gasteiger charge is 2.27. The normalized spacial score (nSPS) is 14.6. The Morgan fingerprint density at radius 1 is 1.03 bits per heavy atom. The van der Waals surface area contributed by atoms with Crippen molar-refractivity contribution in [3.8, 4) is 5.75 Å². The van der Waals surface area contributed by atoms with Gasteiger partial charge in [-0.1, -0.05) is 70.8 Å². The van der Waals surface area contributed by atoms with Crippen molar-refractivity contribution in [2.75, 3.05) is 0 Å². The molecule has 150 valence electrons. The van der Waals surface area contributed by atoms with Crippen molar-refractivity contribution < 1.29 is 18.8 Å². The molecule has 0 bridgehead atoms. The highest BCUT2D eigenvalue weighted by Crippen LogP contribution is 2.35. The number of halogens is 3. The fourth-order valence-corrected chi connectivity index (χ4v) is 3.55. The molecule has 1 aliphatic heterocycles. The van der Waals surface area contributed by atoms with E-state index < -0.39 is 5.97 Å². The summed E-state index contributed by atoms with van der Waals surface area (Å²) in [4.78, 5) is 17.2. The molecular weight excluding hydrogens is 428 g/mol. The number of oxime groups is 1. The standard InChI is InChI=1S/C23H14Cl2FNO3/c24-17-10-16(11-19-21(27-30-23(19)28)15-6-2-1-3-7-15)22(20(25)12-17)29-13-14-5-4-8-18(26)9-14/h1-12H,13H2/b19-11-. The van der Waals surface area contributed by atoms with E-state index in [-0.39, 0.29) is 23.0 Å². The van der Waals surface area contributed by atoms with Gasteiger partial charge >= 0.3 is 5.97 Å². The Kier molecular flexibility index (Phi) is 5.84. The zero-order chi connectivity index (χ0) is 21.1. The topological polar surface area (TPSA) is 47.9 Å². The van der Waals surface area contributed by atoms with Crippen molar-refractivity contribution in [2.24, 2.45) is 5.16 Å². The van der Waals surface area contributed by atoms with E-state index in [1.54, 1.807) is 24.3 Å². The molecule has 0 unspecified atom stereocenters. The molecule has 1 heterocycles. The first-order valence-corrected chi connectivity index (χ1v) is 9.70. The number of carbonyl (C=O) groups is 1. The van der Waals surface area contributed by atoms with Gasteiger partial charge in [-0.25, -0.2) is 9.18 Å². The van der Waals surface area contributed by atoms with Gasteiger partial charge < -0.3 is 9.57 Å². The molecule has 0 saturated carbocycles. The van der Waals surface area contributed by atoms with Gasteiger partial charge in [-0.3, -0.25) is 0 Å². The lowest BCUT2D eigenvalue weighted by molar-refractivity contribution is -0.136. The predicted octanol–water partition coefficient (Wildman–Crippen LogP) is 6.06. The molecular formula is C23H14Cl2FNO3. The van der Waals surface area contributed by atoms with Crippen LogP contribution in [0.15, 0.2) is 77.5 Å². The molecule has 0 atom stereocenters. The number of rotatable bonds is 5. The molecule has 0 aliphatic carbocycles. The van der Waals surface area contributed by atoms with Crippen LogP contribution in [0.1, 0.15) is 16.7 Å². The maximum Gasteiger partial charge on any atom is 0.368 e. The predicted molar refractivity (Wildman–Crippen MR) is 114 cm³/mol. The monoisotopic (exact) mass is 441 g/mol. The van der Waals surface area contributed by atoms with Crippen LogP contribution in [0, 0.1) is 5.82 Å². The molecule has 0 fully saturated rings. The molecule has 7 heteroatoms. The van der Waals surface area contributed by atoms with Gasteiger partial charge in [-0.15, -0.1) is 0 Å². The molecule has 0 spiro atoms. The maximum atomic E-state index is 13.4. The zero-order valence-corrected chi connectivity index (χ0v) is 17.0. The van der Waals surface area contributed by atoms with Crippen molar-refractivity contribution in [1.82, 2.24) is 0 Å². The minimum absolute atomic E-state index is 0.0827. The quantitative estimate of drug-likeness (QED) is 0.357. The fourth-order valence-electron chi connectivity index (χ4n) is 2.99. The first-order chi connectivity index (χ1) is 14.5. The molecule has 0 radical (unpaired) electrons. The Morgan fingerprint density at radius 2 is 1.83 bits per heavy atom. The first-order valence-electron chi connectivity index (χ1n) is 8.94. The van der Waals surface area contributed by atoms with E-state index in [1.165, 1.54) is 18.2 Å². The molecule has 4 nitrogen and oxygen atoms in total. The highest BCUT2D eigenvalue weighted by atomic mass is 35.5. The Labute approximate surface area is 182 Å². The van der Waals surface area contributed by atoms with E-state index >= 15 is 0 Å². The number of nitrogens with zero attached hydrogens (tertiary/aromatic N) is 1. The molecule has 1 aliphatic rings. The van der Waals surface area contributed by atoms with Crippen LogP contribution in [0.25, 0.3) is 6.08 Å². The summed E-state index contributed by atoms with van der Waals surface area (Å²) in [5.41, 5.74) is 2.47. The van der Waals surface area contributed by atoms with Crippen LogP contribution in [0.4, 0.5) is 4.39 Å². The van der Waals surface area contributed by atoms with E-state index in [0.29, 0.717) is 27.6 Å². The fraction of sp³-hybridized carbons (Fsp3) is 0.0435. The van der Waals surface area contributed by atoms with E-state index in [2.05, 4.69) is 5.16 Å². The van der Waals surface area contributed by atoms with Crippen LogP contribution < -0.4 is 4.74 Å². The van der Waals surface area contributed by atoms with Gasteiger partial charge in [0.25, 0.3) is 0 Å². The summed E-state index contributed by atoms with van der Waals surface area (Å²) in [6.07, 6.45) is 1.57. The molecule has 30 heavy (non-hydrogen) atoms. The highest BCUT2D eigenvalue weighted by molar-refractivity contribution is 6.36. The Balaban J connectivity index is 1.71. The average Bonchev–Trinajstić information content (AvgIpc) is 3.08. The van der Waals surface area contributed by atoms with E-state index in [1.807, 2.05) is 30.3 Å². The lowest BCUT2D eigenvalue weighted by Crippen LogP contribution is -2.07. The molecule has 0 N–H and O–H groups in total. The van der Waals surface area contributed by atoms with Crippen molar-refractivity contribution in [1.29, 1.82) is 0 Å². The van der Waals surface area contributed by atoms with Gasteiger partial charge in [0.15, 0.2) is 0 Å². The smallest absolute Gasteiger partial charge is 0.368 e. The van der Waals surface area contributed by atoms with Crippen LogP contribution in [0.2, 0.25) is 10.0 Å². The van der Waals surface area contributed by atoms with Gasteiger partial charge in [0, 0.05) is 16.1 Å². The summed E-state index contributed by atoms with van der Waals surface area (Å²) < 4.78 is 19.3. The minimum atomic E-state index is -0.596. The lowest BCUT2D eigenvalue weighted by Gasteiger charge is -2.13. The summed E-state index contributed by atoms with van der Waals surface area (Å²) in [6.45, 7) is 0.0827. The first kappa shape index (κ1) is 20.1. The van der Waals surface area contributed by atoms with Crippen LogP contribution >= 0.6 is 23.2 Å². The van der Waals surface area contributed by atoms with Gasteiger partial charge in [-0.2, -0.15) is 0 Å². The van der Waals surface area contributed by atoms with E-state index in [0.717, 1.165) is 5.56 Å². The number of hydrogen-bond acceptors (Lipinski definition) is 4. The van der Waals surface area contributed by atoms with Crippen LogP contribution in [0.3, 0.4) is 0 Å². The van der Waals surface area contributed by atoms with Gasteiger partial charge in [0.05, 0.1) is 10.6 Å². The summed E-state index contributed by atoms with van der Waals surface area (Å²) in [7, 11) is 0. The minimum Gasteiger partial charge on any atom is -0.487 e. The summed E-state index contributed by atoms with van der Waals surface area (Å²) in [5, 5.41) is 4.52. The van der Waals surface area contributed by atoms with Crippen LogP contribution in [-0.2, 0) is 16.2 Å². The maximum absolute atomic E-state index is 13.4. The van der Waals surface area contributed by atoms with E-state index in [9.17, 15) is 9.18 Å². The second-order valence-corrected chi connectivity index (χ2v) is 7.31. The third kappa shape index (κ3) is 4.37. The molecule has 0 aromatic heterocycles. The van der Waals surface area contributed by atoms with E-state index in [4.69, 9.17) is 32.8 Å². The average molecular weight is 442 g/mol. The van der Waals surface area contributed by atoms with Gasteiger partial charge in [-0.05, 0) is 35.9 Å². The summed E-state index contributed by atoms with van der Waals surface area (Å²) in [5.74, 6) is -0.649. The third-order valence-electron chi connectivity index (χ3n) is 4.35. The van der Waals surface area contributed by atoms with Crippen molar-refractivity contribution >= 4 is 41.0 Å². The second kappa shape index (κ2) is 8.69. The number of carbonyl (C=O) groups excluding carboxylic acids is 1. The van der Waals surface area contributed by atoms with Gasteiger partial charge in [0.1, 0.15) is 23.9 Å². The van der Waals surface area contributed by atoms with Crippen LogP contribution in [0.5, 0.6) is 5.75 Å². The second-order valence-electron chi connectivity index (χ2n) is 6.47. The third-order valence-corrected chi connectivity index (χ3v) is 4.85. The zero-order valence-electron chi connectivity index (χ0n) is 15.4.